The summed E-state index contributed by atoms with van der Waals surface area (Å²) in [5.41, 5.74) is 7.50. The molecule has 0 bridgehead atoms. The summed E-state index contributed by atoms with van der Waals surface area (Å²) in [7, 11) is 0. The number of nitrogens with one attached hydrogen (secondary N) is 1. The van der Waals surface area contributed by atoms with E-state index < -0.39 is 5.82 Å². The van der Waals surface area contributed by atoms with Crippen LogP contribution in [0.5, 0.6) is 5.75 Å². The van der Waals surface area contributed by atoms with E-state index in [4.69, 9.17) is 22.1 Å². The molecule has 3 nitrogen and oxygen atoms in total. The van der Waals surface area contributed by atoms with Crippen LogP contribution < -0.4 is 15.8 Å². The molecule has 6 heteroatoms. The zero-order valence-corrected chi connectivity index (χ0v) is 13.8. The fourth-order valence-corrected chi connectivity index (χ4v) is 2.52. The Morgan fingerprint density at radius 1 is 1.29 bits per heavy atom. The minimum absolute atomic E-state index is 0.179. The van der Waals surface area contributed by atoms with E-state index >= 15 is 0 Å². The average molecular weight is 374 g/mol. The van der Waals surface area contributed by atoms with Crippen LogP contribution in [0, 0.1) is 5.82 Å². The largest absolute Gasteiger partial charge is 0.490 e. The Morgan fingerprint density at radius 2 is 2.05 bits per heavy atom. The van der Waals surface area contributed by atoms with E-state index in [1.54, 1.807) is 18.2 Å². The first-order valence-electron chi connectivity index (χ1n) is 6.45. The van der Waals surface area contributed by atoms with Crippen molar-refractivity contribution in [1.29, 1.82) is 0 Å². The first kappa shape index (κ1) is 15.9. The summed E-state index contributed by atoms with van der Waals surface area (Å²) in [4.78, 5) is 0. The topological polar surface area (TPSA) is 47.3 Å². The van der Waals surface area contributed by atoms with Gasteiger partial charge in [0.25, 0.3) is 0 Å². The van der Waals surface area contributed by atoms with Gasteiger partial charge in [0, 0.05) is 21.6 Å². The second kappa shape index (κ2) is 7.00. The molecular weight excluding hydrogens is 359 g/mol. The van der Waals surface area contributed by atoms with E-state index in [-0.39, 0.29) is 5.75 Å². The lowest BCUT2D eigenvalue weighted by Crippen LogP contribution is -2.02. The third-order valence-electron chi connectivity index (χ3n) is 2.77. The minimum atomic E-state index is -0.471. The molecule has 2 aromatic rings. The molecule has 0 spiro atoms. The highest BCUT2D eigenvalue weighted by Crippen LogP contribution is 2.34. The van der Waals surface area contributed by atoms with E-state index in [0.717, 1.165) is 16.6 Å². The SMILES string of the molecule is CCCOc1cc(Nc2ccc(Cl)cc2Br)c(N)cc1F. The maximum absolute atomic E-state index is 13.8. The van der Waals surface area contributed by atoms with Crippen LogP contribution in [0.1, 0.15) is 13.3 Å². The Hall–Kier alpha value is -1.46. The number of hydrogen-bond donors (Lipinski definition) is 2. The monoisotopic (exact) mass is 372 g/mol. The molecule has 0 aromatic heterocycles. The van der Waals surface area contributed by atoms with Gasteiger partial charge in [0.1, 0.15) is 0 Å². The van der Waals surface area contributed by atoms with Crippen molar-refractivity contribution in [2.24, 2.45) is 0 Å². The summed E-state index contributed by atoms with van der Waals surface area (Å²) in [6.07, 6.45) is 0.801. The maximum Gasteiger partial charge on any atom is 0.167 e. The van der Waals surface area contributed by atoms with Crippen molar-refractivity contribution < 1.29 is 9.13 Å². The maximum atomic E-state index is 13.8. The van der Waals surface area contributed by atoms with Crippen LogP contribution in [0.25, 0.3) is 0 Å². The van der Waals surface area contributed by atoms with Crippen LogP contribution in [0.2, 0.25) is 5.02 Å². The van der Waals surface area contributed by atoms with Gasteiger partial charge in [0.15, 0.2) is 11.6 Å². The molecular formula is C15H15BrClFN2O. The Labute approximate surface area is 136 Å². The molecule has 0 fully saturated rings. The van der Waals surface area contributed by atoms with E-state index in [1.165, 1.54) is 6.07 Å². The Morgan fingerprint density at radius 3 is 2.71 bits per heavy atom. The van der Waals surface area contributed by atoms with Gasteiger partial charge in [-0.2, -0.15) is 0 Å². The highest BCUT2D eigenvalue weighted by molar-refractivity contribution is 9.10. The lowest BCUT2D eigenvalue weighted by molar-refractivity contribution is 0.301. The molecule has 0 atom stereocenters. The molecule has 21 heavy (non-hydrogen) atoms. The molecule has 0 aliphatic heterocycles. The van der Waals surface area contributed by atoms with E-state index in [2.05, 4.69) is 21.2 Å². The van der Waals surface area contributed by atoms with Crippen LogP contribution in [-0.4, -0.2) is 6.61 Å². The molecule has 2 rings (SSSR count). The highest BCUT2D eigenvalue weighted by Gasteiger charge is 2.10. The Bertz CT molecular complexity index is 652. The van der Waals surface area contributed by atoms with Crippen LogP contribution in [-0.2, 0) is 0 Å². The summed E-state index contributed by atoms with van der Waals surface area (Å²) in [6, 6.07) is 8.13. The third kappa shape index (κ3) is 4.02. The van der Waals surface area contributed by atoms with Crippen LogP contribution in [0.3, 0.4) is 0 Å². The number of nitrogen functional groups attached to an aromatic ring is 1. The first-order valence-corrected chi connectivity index (χ1v) is 7.62. The summed E-state index contributed by atoms with van der Waals surface area (Å²) in [5.74, 6) is -0.291. The van der Waals surface area contributed by atoms with Gasteiger partial charge >= 0.3 is 0 Å². The molecule has 0 aliphatic rings. The van der Waals surface area contributed by atoms with Crippen molar-refractivity contribution in [3.8, 4) is 5.75 Å². The molecule has 2 aromatic carbocycles. The molecule has 3 N–H and O–H groups in total. The second-order valence-electron chi connectivity index (χ2n) is 4.47. The van der Waals surface area contributed by atoms with Gasteiger partial charge in [-0.15, -0.1) is 0 Å². The summed E-state index contributed by atoms with van der Waals surface area (Å²) in [6.45, 7) is 2.41. The number of nitrogens with two attached hydrogens (primary N) is 1. The average Bonchev–Trinajstić information content (AvgIpc) is 2.43. The zero-order chi connectivity index (χ0) is 15.4. The van der Waals surface area contributed by atoms with Crippen molar-refractivity contribution in [2.45, 2.75) is 13.3 Å². The summed E-state index contributed by atoms with van der Waals surface area (Å²) < 4.78 is 19.9. The van der Waals surface area contributed by atoms with Crippen molar-refractivity contribution in [2.75, 3.05) is 17.7 Å². The predicted octanol–water partition coefficient (Wildman–Crippen LogP) is 5.36. The molecule has 0 aliphatic carbocycles. The van der Waals surface area contributed by atoms with Crippen molar-refractivity contribution in [1.82, 2.24) is 0 Å². The predicted molar refractivity (Wildman–Crippen MR) is 89.0 cm³/mol. The Kier molecular flexibility index (Phi) is 5.31. The molecule has 0 unspecified atom stereocenters. The van der Waals surface area contributed by atoms with Crippen molar-refractivity contribution in [3.63, 3.8) is 0 Å². The molecule has 0 saturated heterocycles. The number of benzene rings is 2. The van der Waals surface area contributed by atoms with Crippen LogP contribution in [0.4, 0.5) is 21.5 Å². The van der Waals surface area contributed by atoms with Crippen molar-refractivity contribution in [3.05, 3.63) is 45.6 Å². The van der Waals surface area contributed by atoms with E-state index in [1.807, 2.05) is 13.0 Å². The number of anilines is 3. The Balaban J connectivity index is 2.30. The van der Waals surface area contributed by atoms with Gasteiger partial charge in [-0.3, -0.25) is 0 Å². The lowest BCUT2D eigenvalue weighted by atomic mass is 10.2. The smallest absolute Gasteiger partial charge is 0.167 e. The summed E-state index contributed by atoms with van der Waals surface area (Å²) in [5, 5.41) is 3.75. The van der Waals surface area contributed by atoms with Gasteiger partial charge < -0.3 is 15.8 Å². The summed E-state index contributed by atoms with van der Waals surface area (Å²) >= 11 is 9.31. The number of rotatable bonds is 5. The van der Waals surface area contributed by atoms with Gasteiger partial charge in [-0.05, 0) is 40.5 Å². The molecule has 0 amide bonds. The van der Waals surface area contributed by atoms with Gasteiger partial charge in [-0.1, -0.05) is 18.5 Å². The normalized spacial score (nSPS) is 10.5. The second-order valence-corrected chi connectivity index (χ2v) is 5.76. The van der Waals surface area contributed by atoms with Crippen molar-refractivity contribution >= 4 is 44.6 Å². The standard InChI is InChI=1S/C15H15BrClFN2O/c1-2-5-21-15-8-14(12(19)7-11(15)18)20-13-4-3-9(17)6-10(13)16/h3-4,6-8,20H,2,5,19H2,1H3. The van der Waals surface area contributed by atoms with E-state index in [9.17, 15) is 4.39 Å². The molecule has 112 valence electrons. The molecule has 0 heterocycles. The van der Waals surface area contributed by atoms with Gasteiger partial charge in [0.05, 0.1) is 23.7 Å². The zero-order valence-electron chi connectivity index (χ0n) is 11.4. The number of hydrogen-bond acceptors (Lipinski definition) is 3. The lowest BCUT2D eigenvalue weighted by Gasteiger charge is -2.14. The fourth-order valence-electron chi connectivity index (χ4n) is 1.74. The van der Waals surface area contributed by atoms with Crippen LogP contribution in [0.15, 0.2) is 34.8 Å². The minimum Gasteiger partial charge on any atom is -0.490 e. The van der Waals surface area contributed by atoms with Gasteiger partial charge in [-0.25, -0.2) is 4.39 Å². The molecule has 0 radical (unpaired) electrons. The number of ether oxygens (including phenoxy) is 1. The highest BCUT2D eigenvalue weighted by atomic mass is 79.9. The number of halogens is 3. The van der Waals surface area contributed by atoms with Crippen LogP contribution >= 0.6 is 27.5 Å². The third-order valence-corrected chi connectivity index (χ3v) is 3.66. The van der Waals surface area contributed by atoms with Gasteiger partial charge in [0.2, 0.25) is 0 Å². The fraction of sp³-hybridized carbons (Fsp3) is 0.200. The van der Waals surface area contributed by atoms with E-state index in [0.29, 0.717) is 23.0 Å². The molecule has 0 saturated carbocycles. The first-order chi connectivity index (χ1) is 10.0. The quantitative estimate of drug-likeness (QED) is 0.694.